The average molecular weight is 254 g/mol. The number of nitrogens with one attached hydrogen (secondary N) is 1. The van der Waals surface area contributed by atoms with Crippen LogP contribution in [0.1, 0.15) is 25.5 Å². The highest BCUT2D eigenvalue weighted by Crippen LogP contribution is 2.26. The Kier molecular flexibility index (Phi) is 4.12. The van der Waals surface area contributed by atoms with Gasteiger partial charge in [0.2, 0.25) is 5.91 Å². The van der Waals surface area contributed by atoms with Gasteiger partial charge in [0.05, 0.1) is 17.8 Å². The van der Waals surface area contributed by atoms with Gasteiger partial charge in [-0.2, -0.15) is 0 Å². The maximum absolute atomic E-state index is 11.7. The maximum atomic E-state index is 11.7. The van der Waals surface area contributed by atoms with Crippen LogP contribution < -0.4 is 5.32 Å². The molecule has 1 saturated heterocycles. The molecule has 0 spiro atoms. The number of rotatable bonds is 5. The summed E-state index contributed by atoms with van der Waals surface area (Å²) in [7, 11) is 0. The van der Waals surface area contributed by atoms with Crippen LogP contribution in [0.2, 0.25) is 0 Å². The molecule has 1 unspecified atom stereocenters. The Morgan fingerprint density at radius 2 is 2.59 bits per heavy atom. The summed E-state index contributed by atoms with van der Waals surface area (Å²) in [5.41, 5.74) is 2.92. The second kappa shape index (κ2) is 5.60. The molecule has 1 aromatic rings. The second-order valence-corrected chi connectivity index (χ2v) is 5.59. The summed E-state index contributed by atoms with van der Waals surface area (Å²) in [5, 5.41) is 4.97. The van der Waals surface area contributed by atoms with E-state index in [1.807, 2.05) is 5.38 Å². The van der Waals surface area contributed by atoms with Crippen molar-refractivity contribution in [1.29, 1.82) is 0 Å². The lowest BCUT2D eigenvalue weighted by atomic mass is 9.90. The molecule has 1 N–H and O–H groups in total. The minimum absolute atomic E-state index is 0.103. The Morgan fingerprint density at radius 3 is 3.24 bits per heavy atom. The minimum Gasteiger partial charge on any atom is -0.381 e. The van der Waals surface area contributed by atoms with E-state index in [4.69, 9.17) is 4.74 Å². The molecule has 0 radical (unpaired) electrons. The highest BCUT2D eigenvalue weighted by molar-refractivity contribution is 7.07. The van der Waals surface area contributed by atoms with Gasteiger partial charge >= 0.3 is 0 Å². The number of amides is 1. The third kappa shape index (κ3) is 3.78. The Balaban J connectivity index is 1.67. The monoisotopic (exact) mass is 254 g/mol. The molecule has 0 saturated carbocycles. The van der Waals surface area contributed by atoms with Gasteiger partial charge < -0.3 is 10.1 Å². The first-order valence-electron chi connectivity index (χ1n) is 5.89. The molecule has 1 amide bonds. The first-order chi connectivity index (χ1) is 8.18. The molecule has 0 bridgehead atoms. The summed E-state index contributed by atoms with van der Waals surface area (Å²) >= 11 is 1.57. The lowest BCUT2D eigenvalue weighted by molar-refractivity contribution is -0.121. The zero-order chi connectivity index (χ0) is 12.1. The molecule has 1 aliphatic heterocycles. The predicted molar refractivity (Wildman–Crippen MR) is 67.0 cm³/mol. The van der Waals surface area contributed by atoms with E-state index in [9.17, 15) is 4.79 Å². The topological polar surface area (TPSA) is 51.2 Å². The van der Waals surface area contributed by atoms with Crippen LogP contribution in [0.4, 0.5) is 0 Å². The van der Waals surface area contributed by atoms with E-state index < -0.39 is 0 Å². The first kappa shape index (κ1) is 12.5. The van der Waals surface area contributed by atoms with Crippen molar-refractivity contribution in [3.8, 4) is 0 Å². The van der Waals surface area contributed by atoms with Gasteiger partial charge in [0.25, 0.3) is 0 Å². The van der Waals surface area contributed by atoms with Crippen molar-refractivity contribution >= 4 is 17.2 Å². The number of nitrogens with zero attached hydrogens (tertiary/aromatic N) is 1. The number of thiazole rings is 1. The fourth-order valence-electron chi connectivity index (χ4n) is 1.85. The summed E-state index contributed by atoms with van der Waals surface area (Å²) in [6.45, 7) is 4.42. The first-order valence-corrected chi connectivity index (χ1v) is 6.84. The zero-order valence-electron chi connectivity index (χ0n) is 10.1. The second-order valence-electron chi connectivity index (χ2n) is 4.87. The Bertz CT molecular complexity index is 359. The van der Waals surface area contributed by atoms with Gasteiger partial charge in [-0.15, -0.1) is 11.3 Å². The molecule has 1 atom stereocenters. The molecule has 4 nitrogen and oxygen atoms in total. The quantitative estimate of drug-likeness (QED) is 0.868. The van der Waals surface area contributed by atoms with Crippen molar-refractivity contribution in [2.75, 3.05) is 19.8 Å². The Morgan fingerprint density at radius 1 is 1.71 bits per heavy atom. The lowest BCUT2D eigenvalue weighted by Gasteiger charge is -2.21. The Labute approximate surface area is 105 Å². The molecular formula is C12H18N2O2S. The predicted octanol–water partition coefficient (Wildman–Crippen LogP) is 1.62. The van der Waals surface area contributed by atoms with Crippen molar-refractivity contribution in [1.82, 2.24) is 10.3 Å². The Hall–Kier alpha value is -0.940. The largest absolute Gasteiger partial charge is 0.381 e. The van der Waals surface area contributed by atoms with E-state index in [1.54, 1.807) is 16.8 Å². The summed E-state index contributed by atoms with van der Waals surface area (Å²) in [6.07, 6.45) is 2.27. The normalized spacial score (nSPS) is 23.8. The van der Waals surface area contributed by atoms with Crippen LogP contribution >= 0.6 is 11.3 Å². The molecule has 1 aliphatic rings. The number of hydrogen-bond donors (Lipinski definition) is 1. The van der Waals surface area contributed by atoms with Gasteiger partial charge in [0.15, 0.2) is 0 Å². The van der Waals surface area contributed by atoms with Crippen LogP contribution in [0.3, 0.4) is 0 Å². The number of hydrogen-bond acceptors (Lipinski definition) is 4. The third-order valence-corrected chi connectivity index (χ3v) is 3.74. The van der Waals surface area contributed by atoms with Crippen LogP contribution in [0, 0.1) is 5.41 Å². The molecule has 2 rings (SSSR count). The van der Waals surface area contributed by atoms with E-state index in [2.05, 4.69) is 17.2 Å². The van der Waals surface area contributed by atoms with Crippen molar-refractivity contribution in [2.45, 2.75) is 26.2 Å². The molecule has 5 heteroatoms. The van der Waals surface area contributed by atoms with Gasteiger partial charge in [-0.05, 0) is 12.8 Å². The average Bonchev–Trinajstić information content (AvgIpc) is 2.95. The lowest BCUT2D eigenvalue weighted by Crippen LogP contribution is -2.36. The molecule has 1 aromatic heterocycles. The van der Waals surface area contributed by atoms with Crippen molar-refractivity contribution in [2.24, 2.45) is 5.41 Å². The van der Waals surface area contributed by atoms with Crippen LogP contribution in [0.15, 0.2) is 10.9 Å². The summed E-state index contributed by atoms with van der Waals surface area (Å²) < 4.78 is 5.35. The third-order valence-electron chi connectivity index (χ3n) is 3.10. The van der Waals surface area contributed by atoms with Crippen LogP contribution in [-0.2, 0) is 16.0 Å². The number of aryl methyl sites for hydroxylation is 1. The van der Waals surface area contributed by atoms with Crippen molar-refractivity contribution < 1.29 is 9.53 Å². The summed E-state index contributed by atoms with van der Waals surface area (Å²) in [5.74, 6) is 0.103. The molecule has 94 valence electrons. The van der Waals surface area contributed by atoms with Gasteiger partial charge in [0.1, 0.15) is 0 Å². The number of carbonyl (C=O) groups is 1. The van der Waals surface area contributed by atoms with Gasteiger partial charge in [0, 0.05) is 30.4 Å². The number of carbonyl (C=O) groups excluding carboxylic acids is 1. The highest BCUT2D eigenvalue weighted by Gasteiger charge is 2.29. The molecule has 0 aromatic carbocycles. The smallest absolute Gasteiger partial charge is 0.220 e. The maximum Gasteiger partial charge on any atom is 0.220 e. The zero-order valence-corrected chi connectivity index (χ0v) is 10.9. The minimum atomic E-state index is 0.103. The molecule has 1 fully saturated rings. The SMILES string of the molecule is CC1(CNC(=O)CCc2cscn2)CCOC1. The molecular weight excluding hydrogens is 236 g/mol. The van der Waals surface area contributed by atoms with E-state index in [-0.39, 0.29) is 11.3 Å². The number of ether oxygens (including phenoxy) is 1. The van der Waals surface area contributed by atoms with Crippen LogP contribution in [0.5, 0.6) is 0 Å². The van der Waals surface area contributed by atoms with Gasteiger partial charge in [-0.1, -0.05) is 6.92 Å². The molecule has 17 heavy (non-hydrogen) atoms. The van der Waals surface area contributed by atoms with Crippen molar-refractivity contribution in [3.05, 3.63) is 16.6 Å². The summed E-state index contributed by atoms with van der Waals surface area (Å²) in [6, 6.07) is 0. The summed E-state index contributed by atoms with van der Waals surface area (Å²) in [4.78, 5) is 15.8. The van der Waals surface area contributed by atoms with Crippen molar-refractivity contribution in [3.63, 3.8) is 0 Å². The van der Waals surface area contributed by atoms with Crippen LogP contribution in [0.25, 0.3) is 0 Å². The van der Waals surface area contributed by atoms with E-state index >= 15 is 0 Å². The molecule has 0 aliphatic carbocycles. The standard InChI is InChI=1S/C12H18N2O2S/c1-12(4-5-16-8-12)7-13-11(15)3-2-10-6-17-9-14-10/h6,9H,2-5,7-8H2,1H3,(H,13,15). The van der Waals surface area contributed by atoms with Gasteiger partial charge in [-0.3, -0.25) is 4.79 Å². The van der Waals surface area contributed by atoms with Gasteiger partial charge in [-0.25, -0.2) is 4.98 Å². The van der Waals surface area contributed by atoms with E-state index in [1.165, 1.54) is 0 Å². The highest BCUT2D eigenvalue weighted by atomic mass is 32.1. The van der Waals surface area contributed by atoms with Crippen LogP contribution in [-0.4, -0.2) is 30.6 Å². The fraction of sp³-hybridized carbons (Fsp3) is 0.667. The van der Waals surface area contributed by atoms with E-state index in [0.29, 0.717) is 13.0 Å². The number of aromatic nitrogens is 1. The fourth-order valence-corrected chi connectivity index (χ4v) is 2.44. The molecule has 2 heterocycles. The van der Waals surface area contributed by atoms with E-state index in [0.717, 1.165) is 31.7 Å².